The summed E-state index contributed by atoms with van der Waals surface area (Å²) in [7, 11) is 0. The van der Waals surface area contributed by atoms with Gasteiger partial charge >= 0.3 is 0 Å². The highest BCUT2D eigenvalue weighted by atomic mass is 79.9. The quantitative estimate of drug-likeness (QED) is 0.692. The number of halogens is 1. The van der Waals surface area contributed by atoms with E-state index < -0.39 is 0 Å². The van der Waals surface area contributed by atoms with E-state index in [2.05, 4.69) is 26.2 Å². The van der Waals surface area contributed by atoms with Crippen molar-refractivity contribution in [3.8, 4) is 0 Å². The van der Waals surface area contributed by atoms with Gasteiger partial charge in [-0.3, -0.25) is 4.79 Å². The Labute approximate surface area is 84.5 Å². The van der Waals surface area contributed by atoms with Crippen LogP contribution in [0.2, 0.25) is 0 Å². The van der Waals surface area contributed by atoms with Crippen LogP contribution in [0.25, 0.3) is 0 Å². The third kappa shape index (κ3) is 3.20. The van der Waals surface area contributed by atoms with E-state index in [-0.39, 0.29) is 12.5 Å². The van der Waals surface area contributed by atoms with Crippen molar-refractivity contribution >= 4 is 21.8 Å². The molecule has 0 aliphatic rings. The first-order valence-electron chi connectivity index (χ1n) is 3.97. The molecule has 1 heterocycles. The van der Waals surface area contributed by atoms with E-state index >= 15 is 0 Å². The Morgan fingerprint density at radius 1 is 1.69 bits per heavy atom. The Morgan fingerprint density at radius 2 is 2.46 bits per heavy atom. The van der Waals surface area contributed by atoms with Gasteiger partial charge in [0.15, 0.2) is 0 Å². The van der Waals surface area contributed by atoms with Crippen LogP contribution in [-0.2, 0) is 0 Å². The summed E-state index contributed by atoms with van der Waals surface area (Å²) >= 11 is 3.23. The number of aromatic nitrogens is 1. The topological polar surface area (TPSA) is 65.1 Å². The first-order valence-corrected chi connectivity index (χ1v) is 4.76. The maximum Gasteiger partial charge on any atom is 0.267 e. The minimum Gasteiger partial charge on any atom is -0.396 e. The second-order valence-electron chi connectivity index (χ2n) is 2.56. The zero-order valence-electron chi connectivity index (χ0n) is 7.01. The number of hydrogen-bond donors (Lipinski definition) is 3. The molecular weight excluding hydrogens is 236 g/mol. The standard InChI is InChI=1S/C8H11BrN2O2/c9-6-4-7(11-5-6)8(13)10-2-1-3-12/h4-5,11-12H,1-3H2,(H,10,13). The third-order valence-electron chi connectivity index (χ3n) is 1.51. The van der Waals surface area contributed by atoms with Crippen LogP contribution in [0.4, 0.5) is 0 Å². The summed E-state index contributed by atoms with van der Waals surface area (Å²) in [6.07, 6.45) is 2.27. The lowest BCUT2D eigenvalue weighted by atomic mass is 10.4. The van der Waals surface area contributed by atoms with Gasteiger partial charge in [-0.1, -0.05) is 0 Å². The Kier molecular flexibility index (Phi) is 3.98. The molecule has 4 nitrogen and oxygen atoms in total. The summed E-state index contributed by atoms with van der Waals surface area (Å²) in [4.78, 5) is 14.1. The van der Waals surface area contributed by atoms with E-state index in [9.17, 15) is 4.79 Å². The number of aromatic amines is 1. The summed E-state index contributed by atoms with van der Waals surface area (Å²) in [5.74, 6) is -0.154. The van der Waals surface area contributed by atoms with Gasteiger partial charge < -0.3 is 15.4 Å². The molecule has 0 spiro atoms. The van der Waals surface area contributed by atoms with Crippen LogP contribution in [0.1, 0.15) is 16.9 Å². The SMILES string of the molecule is O=C(NCCCO)c1cc(Br)c[nH]1. The lowest BCUT2D eigenvalue weighted by molar-refractivity contribution is 0.0947. The van der Waals surface area contributed by atoms with E-state index in [0.29, 0.717) is 18.7 Å². The molecule has 0 radical (unpaired) electrons. The van der Waals surface area contributed by atoms with Crippen LogP contribution in [0.15, 0.2) is 16.7 Å². The van der Waals surface area contributed by atoms with Gasteiger partial charge in [0.2, 0.25) is 0 Å². The molecule has 3 N–H and O–H groups in total. The lowest BCUT2D eigenvalue weighted by Gasteiger charge is -2.00. The van der Waals surface area contributed by atoms with E-state index in [1.807, 2.05) is 0 Å². The molecule has 0 aromatic carbocycles. The predicted molar refractivity (Wildman–Crippen MR) is 52.5 cm³/mol. The minimum absolute atomic E-state index is 0.0920. The van der Waals surface area contributed by atoms with E-state index in [1.165, 1.54) is 0 Å². The number of nitrogens with one attached hydrogen (secondary N) is 2. The molecule has 0 bridgehead atoms. The highest BCUT2D eigenvalue weighted by Gasteiger charge is 2.05. The van der Waals surface area contributed by atoms with Crippen LogP contribution in [0.3, 0.4) is 0 Å². The molecule has 0 fully saturated rings. The van der Waals surface area contributed by atoms with Crippen LogP contribution < -0.4 is 5.32 Å². The van der Waals surface area contributed by atoms with Gasteiger partial charge in [0.05, 0.1) is 0 Å². The molecule has 0 aliphatic carbocycles. The Balaban J connectivity index is 2.40. The molecule has 0 saturated heterocycles. The number of aliphatic hydroxyl groups excluding tert-OH is 1. The molecule has 0 saturated carbocycles. The van der Waals surface area contributed by atoms with Gasteiger partial charge in [-0.05, 0) is 28.4 Å². The fourth-order valence-corrected chi connectivity index (χ4v) is 1.22. The summed E-state index contributed by atoms with van der Waals surface area (Å²) in [6.45, 7) is 0.584. The van der Waals surface area contributed by atoms with Gasteiger partial charge in [-0.15, -0.1) is 0 Å². The lowest BCUT2D eigenvalue weighted by Crippen LogP contribution is -2.25. The Hall–Kier alpha value is -0.810. The van der Waals surface area contributed by atoms with E-state index in [1.54, 1.807) is 12.3 Å². The van der Waals surface area contributed by atoms with Crippen molar-refractivity contribution in [1.29, 1.82) is 0 Å². The van der Waals surface area contributed by atoms with Gasteiger partial charge in [0.1, 0.15) is 5.69 Å². The molecule has 0 atom stereocenters. The Bertz CT molecular complexity index is 285. The Morgan fingerprint density at radius 3 is 3.00 bits per heavy atom. The van der Waals surface area contributed by atoms with Gasteiger partial charge in [0, 0.05) is 23.8 Å². The monoisotopic (exact) mass is 246 g/mol. The largest absolute Gasteiger partial charge is 0.396 e. The van der Waals surface area contributed by atoms with Crippen molar-refractivity contribution in [3.63, 3.8) is 0 Å². The highest BCUT2D eigenvalue weighted by molar-refractivity contribution is 9.10. The van der Waals surface area contributed by atoms with Crippen molar-refractivity contribution in [3.05, 3.63) is 22.4 Å². The zero-order valence-corrected chi connectivity index (χ0v) is 8.60. The van der Waals surface area contributed by atoms with Crippen molar-refractivity contribution in [2.24, 2.45) is 0 Å². The number of aliphatic hydroxyl groups is 1. The molecule has 1 amide bonds. The third-order valence-corrected chi connectivity index (χ3v) is 1.97. The highest BCUT2D eigenvalue weighted by Crippen LogP contribution is 2.09. The maximum absolute atomic E-state index is 11.3. The summed E-state index contributed by atoms with van der Waals surface area (Å²) < 4.78 is 0.847. The molecule has 1 rings (SSSR count). The number of hydrogen-bond acceptors (Lipinski definition) is 2. The first-order chi connectivity index (χ1) is 6.24. The number of H-pyrrole nitrogens is 1. The molecule has 1 aromatic heterocycles. The second kappa shape index (κ2) is 5.04. The van der Waals surface area contributed by atoms with Crippen molar-refractivity contribution in [2.75, 3.05) is 13.2 Å². The molecule has 72 valence electrons. The number of carbonyl (C=O) groups is 1. The molecule has 0 aliphatic heterocycles. The second-order valence-corrected chi connectivity index (χ2v) is 3.48. The smallest absolute Gasteiger partial charge is 0.267 e. The summed E-state index contributed by atoms with van der Waals surface area (Å²) in [6, 6.07) is 1.70. The average molecular weight is 247 g/mol. The fourth-order valence-electron chi connectivity index (χ4n) is 0.875. The van der Waals surface area contributed by atoms with E-state index in [0.717, 1.165) is 4.47 Å². The fraction of sp³-hybridized carbons (Fsp3) is 0.375. The van der Waals surface area contributed by atoms with Crippen LogP contribution in [0, 0.1) is 0 Å². The van der Waals surface area contributed by atoms with Crippen LogP contribution >= 0.6 is 15.9 Å². The zero-order chi connectivity index (χ0) is 9.68. The number of amides is 1. The normalized spacial score (nSPS) is 10.0. The van der Waals surface area contributed by atoms with Crippen LogP contribution in [0.5, 0.6) is 0 Å². The van der Waals surface area contributed by atoms with Crippen molar-refractivity contribution in [2.45, 2.75) is 6.42 Å². The average Bonchev–Trinajstić information content (AvgIpc) is 2.52. The number of carbonyl (C=O) groups excluding carboxylic acids is 1. The number of rotatable bonds is 4. The van der Waals surface area contributed by atoms with E-state index in [4.69, 9.17) is 5.11 Å². The van der Waals surface area contributed by atoms with Gasteiger partial charge in [-0.25, -0.2) is 0 Å². The van der Waals surface area contributed by atoms with Gasteiger partial charge in [-0.2, -0.15) is 0 Å². The molecular formula is C8H11BrN2O2. The first kappa shape index (κ1) is 10.3. The van der Waals surface area contributed by atoms with Crippen LogP contribution in [-0.4, -0.2) is 29.1 Å². The molecule has 1 aromatic rings. The molecule has 0 unspecified atom stereocenters. The summed E-state index contributed by atoms with van der Waals surface area (Å²) in [5, 5.41) is 11.1. The minimum atomic E-state index is -0.154. The molecule has 13 heavy (non-hydrogen) atoms. The van der Waals surface area contributed by atoms with Crippen molar-refractivity contribution < 1.29 is 9.90 Å². The van der Waals surface area contributed by atoms with Gasteiger partial charge in [0.25, 0.3) is 5.91 Å². The molecule has 5 heteroatoms. The maximum atomic E-state index is 11.3. The van der Waals surface area contributed by atoms with Crippen molar-refractivity contribution in [1.82, 2.24) is 10.3 Å². The predicted octanol–water partition coefficient (Wildman–Crippen LogP) is 0.889. The summed E-state index contributed by atoms with van der Waals surface area (Å²) in [5.41, 5.74) is 0.518.